The van der Waals surface area contributed by atoms with Crippen molar-refractivity contribution in [3.05, 3.63) is 70.5 Å². The quantitative estimate of drug-likeness (QED) is 0.500. The number of benzene rings is 1. The van der Waals surface area contributed by atoms with Crippen LogP contribution in [0, 0.1) is 0 Å². The van der Waals surface area contributed by atoms with Crippen molar-refractivity contribution in [2.45, 2.75) is 26.3 Å². The van der Waals surface area contributed by atoms with Gasteiger partial charge in [-0.1, -0.05) is 0 Å². The molecule has 0 saturated heterocycles. The number of carboxylic acid groups (broad SMARTS) is 1. The summed E-state index contributed by atoms with van der Waals surface area (Å²) in [6.07, 6.45) is 4.44. The van der Waals surface area contributed by atoms with Gasteiger partial charge in [0.15, 0.2) is 5.82 Å². The van der Waals surface area contributed by atoms with Gasteiger partial charge in [0, 0.05) is 65.2 Å². The van der Waals surface area contributed by atoms with Gasteiger partial charge in [0.25, 0.3) is 5.91 Å². The summed E-state index contributed by atoms with van der Waals surface area (Å²) in [6.45, 7) is 3.58. The number of urea groups is 1. The summed E-state index contributed by atoms with van der Waals surface area (Å²) in [5.74, 6) is 0.658. The number of pyridine rings is 2. The van der Waals surface area contributed by atoms with Crippen molar-refractivity contribution in [1.29, 1.82) is 0 Å². The van der Waals surface area contributed by atoms with Crippen LogP contribution in [-0.4, -0.2) is 83.6 Å². The number of nitrogens with zero attached hydrogens (tertiary/aromatic N) is 6. The van der Waals surface area contributed by atoms with Gasteiger partial charge in [-0.2, -0.15) is 0 Å². The first-order valence-electron chi connectivity index (χ1n) is 13.2. The Kier molecular flexibility index (Phi) is 7.29. The molecule has 5 rings (SSSR count). The van der Waals surface area contributed by atoms with Gasteiger partial charge in [-0.3, -0.25) is 4.79 Å². The molecule has 4 heterocycles. The summed E-state index contributed by atoms with van der Waals surface area (Å²) < 4.78 is 6.15. The molecule has 11 heteroatoms. The summed E-state index contributed by atoms with van der Waals surface area (Å²) in [6, 6.07) is 8.58. The maximum Gasteiger partial charge on any atom is 0.336 e. The minimum Gasteiger partial charge on any atom is -0.493 e. The Labute approximate surface area is 232 Å². The predicted molar refractivity (Wildman–Crippen MR) is 150 cm³/mol. The van der Waals surface area contributed by atoms with Crippen LogP contribution in [-0.2, 0) is 19.4 Å². The Morgan fingerprint density at radius 2 is 1.93 bits per heavy atom. The normalized spacial score (nSPS) is 14.2. The van der Waals surface area contributed by atoms with Crippen LogP contribution in [0.5, 0.6) is 5.75 Å². The molecule has 0 aliphatic carbocycles. The fourth-order valence-electron chi connectivity index (χ4n) is 5.26. The van der Waals surface area contributed by atoms with Crippen LogP contribution in [0.3, 0.4) is 0 Å². The molecule has 2 aromatic heterocycles. The molecule has 0 bridgehead atoms. The Balaban J connectivity index is 1.36. The summed E-state index contributed by atoms with van der Waals surface area (Å²) in [7, 11) is 5.08. The Morgan fingerprint density at radius 1 is 1.12 bits per heavy atom. The maximum absolute atomic E-state index is 13.4. The lowest BCUT2D eigenvalue weighted by atomic mass is 9.94. The highest BCUT2D eigenvalue weighted by molar-refractivity contribution is 6.12. The highest BCUT2D eigenvalue weighted by atomic mass is 16.5. The van der Waals surface area contributed by atoms with Crippen molar-refractivity contribution >= 4 is 35.2 Å². The van der Waals surface area contributed by atoms with Gasteiger partial charge in [-0.15, -0.1) is 0 Å². The fourth-order valence-corrected chi connectivity index (χ4v) is 5.26. The molecule has 0 unspecified atom stereocenters. The van der Waals surface area contributed by atoms with Gasteiger partial charge in [0.1, 0.15) is 11.6 Å². The minimum absolute atomic E-state index is 0.161. The standard InChI is InChI=1S/C29H32N6O5/c1-5-35-25-21(27(36)33(4)23-7-6-12-30-26(23)35)15-18(16-31-25)11-14-40-24-9-8-20(28(37)38)22-17-34(13-10-19(22)24)29(39)32(2)3/h6-9,12,15-16H,5,10-11,13-14,17H2,1-4H3,(H,37,38). The SMILES string of the molecule is CCN1c2ncc(CCOc3ccc(C(=O)O)c4c3CCN(C(=O)N(C)C)C4)cc2C(=O)N(C)c2cccnc21. The van der Waals surface area contributed by atoms with Gasteiger partial charge in [-0.25, -0.2) is 19.6 Å². The largest absolute Gasteiger partial charge is 0.493 e. The molecule has 0 radical (unpaired) electrons. The summed E-state index contributed by atoms with van der Waals surface area (Å²) in [5, 5.41) is 9.74. The van der Waals surface area contributed by atoms with Gasteiger partial charge in [0.05, 0.1) is 23.4 Å². The van der Waals surface area contributed by atoms with E-state index in [-0.39, 0.29) is 24.0 Å². The van der Waals surface area contributed by atoms with Crippen molar-refractivity contribution in [3.8, 4) is 5.75 Å². The van der Waals surface area contributed by atoms with E-state index in [0.717, 1.165) is 16.8 Å². The van der Waals surface area contributed by atoms with Gasteiger partial charge < -0.3 is 29.4 Å². The molecule has 40 heavy (non-hydrogen) atoms. The zero-order valence-corrected chi connectivity index (χ0v) is 23.0. The minimum atomic E-state index is -1.04. The van der Waals surface area contributed by atoms with Crippen LogP contribution in [0.15, 0.2) is 42.7 Å². The van der Waals surface area contributed by atoms with E-state index in [2.05, 4.69) is 9.97 Å². The number of aromatic carboxylic acids is 1. The molecule has 3 aromatic rings. The molecule has 1 N–H and O–H groups in total. The first-order valence-corrected chi connectivity index (χ1v) is 13.2. The maximum atomic E-state index is 13.4. The number of amides is 3. The topological polar surface area (TPSA) is 119 Å². The molecule has 1 aromatic carbocycles. The number of carbonyl (C=O) groups excluding carboxylic acids is 2. The monoisotopic (exact) mass is 544 g/mol. The van der Waals surface area contributed by atoms with Crippen LogP contribution in [0.25, 0.3) is 0 Å². The number of hydrogen-bond acceptors (Lipinski definition) is 7. The summed E-state index contributed by atoms with van der Waals surface area (Å²) in [5.41, 5.74) is 3.63. The first-order chi connectivity index (χ1) is 19.2. The molecule has 0 atom stereocenters. The van der Waals surface area contributed by atoms with Gasteiger partial charge in [0.2, 0.25) is 0 Å². The van der Waals surface area contributed by atoms with Crippen LogP contribution in [0.1, 0.15) is 44.3 Å². The molecule has 0 saturated carbocycles. The van der Waals surface area contributed by atoms with Crippen molar-refractivity contribution in [2.24, 2.45) is 0 Å². The number of fused-ring (bicyclic) bond motifs is 3. The van der Waals surface area contributed by atoms with Crippen LogP contribution < -0.4 is 14.5 Å². The highest BCUT2D eigenvalue weighted by Gasteiger charge is 2.31. The van der Waals surface area contributed by atoms with E-state index >= 15 is 0 Å². The summed E-state index contributed by atoms with van der Waals surface area (Å²) >= 11 is 0. The van der Waals surface area contributed by atoms with E-state index in [4.69, 9.17) is 4.74 Å². The zero-order chi connectivity index (χ0) is 28.6. The van der Waals surface area contributed by atoms with Crippen molar-refractivity contribution in [3.63, 3.8) is 0 Å². The first kappa shape index (κ1) is 26.9. The van der Waals surface area contributed by atoms with Crippen LogP contribution in [0.4, 0.5) is 22.1 Å². The van der Waals surface area contributed by atoms with Crippen LogP contribution >= 0.6 is 0 Å². The Morgan fingerprint density at radius 3 is 2.65 bits per heavy atom. The lowest BCUT2D eigenvalue weighted by molar-refractivity contribution is 0.0693. The Bertz CT molecular complexity index is 1490. The third-order valence-corrected chi connectivity index (χ3v) is 7.31. The smallest absolute Gasteiger partial charge is 0.336 e. The molecule has 0 fully saturated rings. The van der Waals surface area contributed by atoms with E-state index in [1.807, 2.05) is 30.0 Å². The lowest BCUT2D eigenvalue weighted by Gasteiger charge is -2.32. The molecular formula is C29H32N6O5. The van der Waals surface area contributed by atoms with Gasteiger partial charge in [-0.05, 0) is 54.8 Å². The van der Waals surface area contributed by atoms with E-state index in [1.165, 1.54) is 11.0 Å². The molecule has 0 spiro atoms. The number of carbonyl (C=O) groups is 3. The van der Waals surface area contributed by atoms with E-state index in [9.17, 15) is 19.5 Å². The number of aromatic nitrogens is 2. The highest BCUT2D eigenvalue weighted by Crippen LogP contribution is 2.37. The number of rotatable bonds is 6. The van der Waals surface area contributed by atoms with E-state index in [0.29, 0.717) is 61.1 Å². The van der Waals surface area contributed by atoms with E-state index in [1.54, 1.807) is 49.4 Å². The fraction of sp³-hybridized carbons (Fsp3) is 0.345. The average Bonchev–Trinajstić information content (AvgIpc) is 3.04. The molecule has 208 valence electrons. The molecule has 2 aliphatic rings. The second kappa shape index (κ2) is 10.8. The van der Waals surface area contributed by atoms with Crippen molar-refractivity contribution in [2.75, 3.05) is 50.6 Å². The molecule has 2 aliphatic heterocycles. The lowest BCUT2D eigenvalue weighted by Crippen LogP contribution is -2.42. The van der Waals surface area contributed by atoms with Crippen LogP contribution in [0.2, 0.25) is 0 Å². The number of anilines is 3. The summed E-state index contributed by atoms with van der Waals surface area (Å²) in [4.78, 5) is 53.6. The third kappa shape index (κ3) is 4.78. The van der Waals surface area contributed by atoms with Gasteiger partial charge >= 0.3 is 12.0 Å². The second-order valence-corrected chi connectivity index (χ2v) is 9.99. The van der Waals surface area contributed by atoms with E-state index < -0.39 is 5.97 Å². The number of carboxylic acids is 1. The third-order valence-electron chi connectivity index (χ3n) is 7.31. The molecule has 11 nitrogen and oxygen atoms in total. The Hall–Kier alpha value is -4.67. The molecule has 3 amide bonds. The number of hydrogen-bond donors (Lipinski definition) is 1. The van der Waals surface area contributed by atoms with Crippen molar-refractivity contribution in [1.82, 2.24) is 19.8 Å². The zero-order valence-electron chi connectivity index (χ0n) is 23.0. The predicted octanol–water partition coefficient (Wildman–Crippen LogP) is 3.58. The van der Waals surface area contributed by atoms with Crippen molar-refractivity contribution < 1.29 is 24.2 Å². The molecular weight excluding hydrogens is 512 g/mol. The number of ether oxygens (including phenoxy) is 1. The average molecular weight is 545 g/mol. The second-order valence-electron chi connectivity index (χ2n) is 9.99.